The van der Waals surface area contributed by atoms with Crippen LogP contribution in [0.15, 0.2) is 0 Å². The Hall–Kier alpha value is -0.880. The average Bonchev–Trinajstić information content (AvgIpc) is 2.62. The highest BCUT2D eigenvalue weighted by Gasteiger charge is 2.72. The summed E-state index contributed by atoms with van der Waals surface area (Å²) in [5, 5.41) is 5.79. The van der Waals surface area contributed by atoms with Crippen LogP contribution in [0.1, 0.15) is 71.1 Å². The molecule has 5 aliphatic rings. The van der Waals surface area contributed by atoms with Gasteiger partial charge in [0, 0.05) is 18.5 Å². The molecule has 5 unspecified atom stereocenters. The molecule has 5 atom stereocenters. The third-order valence-electron chi connectivity index (χ3n) is 7.61. The van der Waals surface area contributed by atoms with Crippen LogP contribution in [-0.4, -0.2) is 48.2 Å². The summed E-state index contributed by atoms with van der Waals surface area (Å²) >= 11 is 5.88. The molecular formula is C22H34ClFN2O3. The number of hydrogen-bond donors (Lipinski definition) is 2. The molecule has 2 bridgehead atoms. The Morgan fingerprint density at radius 3 is 2.59 bits per heavy atom. The van der Waals surface area contributed by atoms with E-state index in [0.29, 0.717) is 18.8 Å². The Labute approximate surface area is 177 Å². The third-order valence-corrected chi connectivity index (χ3v) is 8.10. The summed E-state index contributed by atoms with van der Waals surface area (Å²) in [4.78, 5) is 24.9. The van der Waals surface area contributed by atoms with Crippen LogP contribution < -0.4 is 10.6 Å². The fraction of sp³-hybridized carbons (Fsp3) is 0.909. The first-order valence-corrected chi connectivity index (χ1v) is 11.7. The first-order valence-electron chi connectivity index (χ1n) is 11.3. The van der Waals surface area contributed by atoms with Crippen molar-refractivity contribution in [3.63, 3.8) is 0 Å². The highest BCUT2D eigenvalue weighted by molar-refractivity contribution is 6.21. The SMILES string of the molecule is CC1CCCC(CNC(=O)C23CC(NC(=O)COC4CCC(Cl)C(F)C4)(C2)C3)C1. The predicted molar refractivity (Wildman–Crippen MR) is 109 cm³/mol. The molecule has 5 nitrogen and oxygen atoms in total. The maximum absolute atomic E-state index is 13.7. The van der Waals surface area contributed by atoms with E-state index in [9.17, 15) is 14.0 Å². The number of halogens is 2. The minimum Gasteiger partial charge on any atom is -0.368 e. The van der Waals surface area contributed by atoms with Crippen LogP contribution in [0.5, 0.6) is 0 Å². The van der Waals surface area contributed by atoms with E-state index < -0.39 is 11.5 Å². The second kappa shape index (κ2) is 8.33. The van der Waals surface area contributed by atoms with Crippen LogP contribution >= 0.6 is 11.6 Å². The average molecular weight is 429 g/mol. The number of carbonyl (C=O) groups excluding carboxylic acids is 2. The lowest BCUT2D eigenvalue weighted by Crippen LogP contribution is -2.78. The number of ether oxygens (including phenoxy) is 1. The Balaban J connectivity index is 1.13. The lowest BCUT2D eigenvalue weighted by molar-refractivity contribution is -0.185. The summed E-state index contributed by atoms with van der Waals surface area (Å²) < 4.78 is 19.3. The lowest BCUT2D eigenvalue weighted by atomic mass is 9.39. The van der Waals surface area contributed by atoms with Crippen molar-refractivity contribution in [1.29, 1.82) is 0 Å². The van der Waals surface area contributed by atoms with Gasteiger partial charge in [0.15, 0.2) is 0 Å². The van der Waals surface area contributed by atoms with Gasteiger partial charge in [-0.1, -0.05) is 19.8 Å². The van der Waals surface area contributed by atoms with Gasteiger partial charge >= 0.3 is 0 Å². The van der Waals surface area contributed by atoms with Gasteiger partial charge < -0.3 is 15.4 Å². The maximum atomic E-state index is 13.7. The predicted octanol–water partition coefficient (Wildman–Crippen LogP) is 3.48. The number of carbonyl (C=O) groups is 2. The van der Waals surface area contributed by atoms with Crippen molar-refractivity contribution < 1.29 is 18.7 Å². The summed E-state index contributed by atoms with van der Waals surface area (Å²) in [6.45, 7) is 3.04. The zero-order valence-electron chi connectivity index (χ0n) is 17.4. The molecule has 5 aliphatic carbocycles. The van der Waals surface area contributed by atoms with E-state index in [2.05, 4.69) is 17.6 Å². The first kappa shape index (κ1) is 21.4. The van der Waals surface area contributed by atoms with Crippen molar-refractivity contribution in [2.45, 2.75) is 94.3 Å². The fourth-order valence-electron chi connectivity index (χ4n) is 6.05. The van der Waals surface area contributed by atoms with Gasteiger partial charge in [-0.15, -0.1) is 11.6 Å². The molecule has 5 fully saturated rings. The second-order valence-electron chi connectivity index (χ2n) is 10.3. The van der Waals surface area contributed by atoms with E-state index in [1.165, 1.54) is 25.7 Å². The van der Waals surface area contributed by atoms with Crippen molar-refractivity contribution in [3.8, 4) is 0 Å². The Kier molecular flexibility index (Phi) is 6.14. The zero-order valence-corrected chi connectivity index (χ0v) is 18.1. The smallest absolute Gasteiger partial charge is 0.246 e. The van der Waals surface area contributed by atoms with E-state index in [1.807, 2.05) is 0 Å². The molecule has 0 heterocycles. The molecule has 5 saturated carbocycles. The van der Waals surface area contributed by atoms with E-state index >= 15 is 0 Å². The van der Waals surface area contributed by atoms with Crippen LogP contribution in [0.3, 0.4) is 0 Å². The Bertz CT molecular complexity index is 626. The molecule has 0 aromatic carbocycles. The standard InChI is InChI=1S/C22H34ClFN2O3/c1-14-3-2-4-15(7-14)9-25-20(28)21-11-22(12-21,13-21)26-19(27)10-29-16-5-6-17(23)18(24)8-16/h14-18H,2-13H2,1H3,(H,25,28)(H,26,27). The molecule has 164 valence electrons. The number of amides is 2. The molecular weight excluding hydrogens is 395 g/mol. The third kappa shape index (κ3) is 4.58. The van der Waals surface area contributed by atoms with Crippen molar-refractivity contribution in [2.24, 2.45) is 17.3 Å². The molecule has 2 amide bonds. The van der Waals surface area contributed by atoms with Crippen molar-refractivity contribution in [1.82, 2.24) is 10.6 Å². The Morgan fingerprint density at radius 1 is 1.14 bits per heavy atom. The van der Waals surface area contributed by atoms with E-state index in [-0.39, 0.29) is 41.9 Å². The molecule has 0 aromatic heterocycles. The molecule has 29 heavy (non-hydrogen) atoms. The zero-order chi connectivity index (χ0) is 20.6. The molecule has 0 saturated heterocycles. The number of rotatable bonds is 7. The molecule has 2 N–H and O–H groups in total. The number of nitrogens with one attached hydrogen (secondary N) is 2. The van der Waals surface area contributed by atoms with Crippen LogP contribution in [0.25, 0.3) is 0 Å². The van der Waals surface area contributed by atoms with Crippen molar-refractivity contribution in [2.75, 3.05) is 13.2 Å². The van der Waals surface area contributed by atoms with Gasteiger partial charge in [0.05, 0.1) is 16.9 Å². The summed E-state index contributed by atoms with van der Waals surface area (Å²) in [5.41, 5.74) is -0.498. The van der Waals surface area contributed by atoms with Gasteiger partial charge in [0.25, 0.3) is 0 Å². The first-order chi connectivity index (χ1) is 13.8. The minimum absolute atomic E-state index is 0.0504. The summed E-state index contributed by atoms with van der Waals surface area (Å²) in [6.07, 6.45) is 7.41. The van der Waals surface area contributed by atoms with Crippen molar-refractivity contribution >= 4 is 23.4 Å². The molecule has 0 radical (unpaired) electrons. The van der Waals surface area contributed by atoms with Gasteiger partial charge in [-0.05, 0) is 56.8 Å². The second-order valence-corrected chi connectivity index (χ2v) is 10.8. The lowest BCUT2D eigenvalue weighted by Gasteiger charge is -2.69. The highest BCUT2D eigenvalue weighted by Crippen LogP contribution is 2.67. The van der Waals surface area contributed by atoms with Crippen LogP contribution in [-0.2, 0) is 14.3 Å². The summed E-state index contributed by atoms with van der Waals surface area (Å²) in [6, 6.07) is 0. The fourth-order valence-corrected chi connectivity index (χ4v) is 6.28. The van der Waals surface area contributed by atoms with Gasteiger partial charge in [0.2, 0.25) is 11.8 Å². The molecule has 0 spiro atoms. The van der Waals surface area contributed by atoms with Crippen LogP contribution in [0, 0.1) is 17.3 Å². The van der Waals surface area contributed by atoms with Gasteiger partial charge in [-0.3, -0.25) is 9.59 Å². The minimum atomic E-state index is -1.06. The maximum Gasteiger partial charge on any atom is 0.246 e. The van der Waals surface area contributed by atoms with Crippen LogP contribution in [0.2, 0.25) is 0 Å². The molecule has 5 rings (SSSR count). The highest BCUT2D eigenvalue weighted by atomic mass is 35.5. The quantitative estimate of drug-likeness (QED) is 0.610. The van der Waals surface area contributed by atoms with Gasteiger partial charge in [-0.25, -0.2) is 4.39 Å². The Morgan fingerprint density at radius 2 is 1.90 bits per heavy atom. The van der Waals surface area contributed by atoms with E-state index in [0.717, 1.165) is 31.7 Å². The van der Waals surface area contributed by atoms with Gasteiger partial charge in [0.1, 0.15) is 12.8 Å². The molecule has 7 heteroatoms. The largest absolute Gasteiger partial charge is 0.368 e. The van der Waals surface area contributed by atoms with Crippen molar-refractivity contribution in [3.05, 3.63) is 0 Å². The normalized spacial score (nSPS) is 43.6. The topological polar surface area (TPSA) is 67.4 Å². The molecule has 0 aliphatic heterocycles. The van der Waals surface area contributed by atoms with Crippen LogP contribution in [0.4, 0.5) is 4.39 Å². The summed E-state index contributed by atoms with van der Waals surface area (Å²) in [5.74, 6) is 1.37. The van der Waals surface area contributed by atoms with E-state index in [1.54, 1.807) is 0 Å². The monoisotopic (exact) mass is 428 g/mol. The number of hydrogen-bond acceptors (Lipinski definition) is 3. The van der Waals surface area contributed by atoms with Gasteiger partial charge in [-0.2, -0.15) is 0 Å². The summed E-state index contributed by atoms with van der Waals surface area (Å²) in [7, 11) is 0. The van der Waals surface area contributed by atoms with E-state index in [4.69, 9.17) is 16.3 Å². The number of alkyl halides is 2. The molecule has 0 aromatic rings.